The monoisotopic (exact) mass is 309 g/mol. The van der Waals surface area contributed by atoms with Crippen molar-refractivity contribution in [2.24, 2.45) is 5.92 Å². The lowest BCUT2D eigenvalue weighted by Gasteiger charge is -2.13. The third-order valence-electron chi connectivity index (χ3n) is 2.69. The molecule has 0 aliphatic rings. The van der Waals surface area contributed by atoms with Gasteiger partial charge in [0, 0.05) is 17.0 Å². The molecule has 0 fully saturated rings. The van der Waals surface area contributed by atoms with E-state index < -0.39 is 0 Å². The predicted octanol–water partition coefficient (Wildman–Crippen LogP) is 4.00. The first-order valence-electron chi connectivity index (χ1n) is 6.30. The highest BCUT2D eigenvalue weighted by Crippen LogP contribution is 2.24. The Balaban J connectivity index is 2.05. The summed E-state index contributed by atoms with van der Waals surface area (Å²) in [6.07, 6.45) is 1.75. The average molecular weight is 310 g/mol. The molecule has 1 heterocycles. The van der Waals surface area contributed by atoms with Crippen LogP contribution in [0.1, 0.15) is 18.7 Å². The van der Waals surface area contributed by atoms with Crippen LogP contribution in [0, 0.1) is 5.92 Å². The molecule has 0 bridgehead atoms. The third-order valence-corrected chi connectivity index (χ3v) is 3.80. The number of para-hydroxylation sites is 2. The Bertz CT molecular complexity index is 598. The summed E-state index contributed by atoms with van der Waals surface area (Å²) < 4.78 is 0.531. The molecular weight excluding hydrogens is 294 g/mol. The number of hydrogen-bond donors (Lipinski definition) is 2. The van der Waals surface area contributed by atoms with Gasteiger partial charge in [-0.3, -0.25) is 4.79 Å². The smallest absolute Gasteiger partial charge is 0.226 e. The van der Waals surface area contributed by atoms with Crippen LogP contribution in [0.15, 0.2) is 30.5 Å². The van der Waals surface area contributed by atoms with Crippen molar-refractivity contribution in [1.29, 1.82) is 0 Å². The predicted molar refractivity (Wildman–Crippen MR) is 84.4 cm³/mol. The van der Waals surface area contributed by atoms with Crippen molar-refractivity contribution in [2.45, 2.75) is 20.4 Å². The standard InChI is InChI=1S/C14H16ClN3OS/c1-9(2)13(19)18-12-6-4-3-5-11(12)16-7-10-8-17-14(15)20-10/h3-6,8-9,16H,7H2,1-2H3,(H,18,19). The zero-order valence-electron chi connectivity index (χ0n) is 11.3. The van der Waals surface area contributed by atoms with E-state index in [2.05, 4.69) is 15.6 Å². The number of aromatic nitrogens is 1. The molecule has 2 N–H and O–H groups in total. The second kappa shape index (κ2) is 6.72. The van der Waals surface area contributed by atoms with E-state index in [9.17, 15) is 4.79 Å². The maximum atomic E-state index is 11.8. The zero-order valence-corrected chi connectivity index (χ0v) is 12.9. The van der Waals surface area contributed by atoms with E-state index in [1.54, 1.807) is 6.20 Å². The second-order valence-electron chi connectivity index (χ2n) is 4.62. The molecule has 1 amide bonds. The second-order valence-corrected chi connectivity index (χ2v) is 6.32. The van der Waals surface area contributed by atoms with Crippen LogP contribution in [0.5, 0.6) is 0 Å². The normalized spacial score (nSPS) is 10.6. The van der Waals surface area contributed by atoms with Crippen molar-refractivity contribution < 1.29 is 4.79 Å². The van der Waals surface area contributed by atoms with E-state index in [1.807, 2.05) is 38.1 Å². The number of carbonyl (C=O) groups is 1. The van der Waals surface area contributed by atoms with Crippen LogP contribution in [-0.4, -0.2) is 10.9 Å². The van der Waals surface area contributed by atoms with Gasteiger partial charge in [0.05, 0.1) is 17.9 Å². The number of nitrogens with zero attached hydrogens (tertiary/aromatic N) is 1. The lowest BCUT2D eigenvalue weighted by atomic mass is 10.2. The topological polar surface area (TPSA) is 54.0 Å². The van der Waals surface area contributed by atoms with Crippen LogP contribution >= 0.6 is 22.9 Å². The third kappa shape index (κ3) is 3.95. The Morgan fingerprint density at radius 1 is 1.35 bits per heavy atom. The molecule has 0 atom stereocenters. The van der Waals surface area contributed by atoms with Crippen LogP contribution in [-0.2, 0) is 11.3 Å². The van der Waals surface area contributed by atoms with Crippen LogP contribution in [0.4, 0.5) is 11.4 Å². The zero-order chi connectivity index (χ0) is 14.5. The summed E-state index contributed by atoms with van der Waals surface area (Å²) in [5, 5.41) is 6.20. The molecule has 20 heavy (non-hydrogen) atoms. The fraction of sp³-hybridized carbons (Fsp3) is 0.286. The Hall–Kier alpha value is -1.59. The Labute approximate surface area is 127 Å². The van der Waals surface area contributed by atoms with E-state index in [-0.39, 0.29) is 11.8 Å². The molecule has 1 aromatic heterocycles. The first-order chi connectivity index (χ1) is 9.56. The van der Waals surface area contributed by atoms with Gasteiger partial charge in [0.25, 0.3) is 0 Å². The van der Waals surface area contributed by atoms with Crippen LogP contribution < -0.4 is 10.6 Å². The molecule has 0 saturated carbocycles. The molecule has 1 aromatic carbocycles. The maximum Gasteiger partial charge on any atom is 0.226 e. The van der Waals surface area contributed by atoms with Crippen molar-refractivity contribution in [3.05, 3.63) is 39.8 Å². The van der Waals surface area contributed by atoms with E-state index >= 15 is 0 Å². The molecular formula is C14H16ClN3OS. The van der Waals surface area contributed by atoms with Gasteiger partial charge >= 0.3 is 0 Å². The minimum atomic E-state index is -0.0524. The van der Waals surface area contributed by atoms with Crippen molar-refractivity contribution in [3.8, 4) is 0 Å². The highest BCUT2D eigenvalue weighted by Gasteiger charge is 2.10. The molecule has 0 aliphatic carbocycles. The maximum absolute atomic E-state index is 11.8. The van der Waals surface area contributed by atoms with Crippen molar-refractivity contribution in [3.63, 3.8) is 0 Å². The minimum absolute atomic E-state index is 0.0000784. The molecule has 2 aromatic rings. The number of halogens is 1. The summed E-state index contributed by atoms with van der Waals surface area (Å²) >= 11 is 7.24. The molecule has 0 spiro atoms. The molecule has 2 rings (SSSR count). The highest BCUT2D eigenvalue weighted by atomic mass is 35.5. The Kier molecular flexibility index (Phi) is 4.98. The number of hydrogen-bond acceptors (Lipinski definition) is 4. The van der Waals surface area contributed by atoms with Gasteiger partial charge < -0.3 is 10.6 Å². The van der Waals surface area contributed by atoms with Gasteiger partial charge in [-0.05, 0) is 12.1 Å². The van der Waals surface area contributed by atoms with Crippen LogP contribution in [0.2, 0.25) is 4.47 Å². The fourth-order valence-corrected chi connectivity index (χ4v) is 2.49. The number of carbonyl (C=O) groups excluding carboxylic acids is 1. The van der Waals surface area contributed by atoms with E-state index in [1.165, 1.54) is 11.3 Å². The molecule has 106 valence electrons. The molecule has 4 nitrogen and oxygen atoms in total. The molecule has 6 heteroatoms. The van der Waals surface area contributed by atoms with Crippen molar-refractivity contribution in [1.82, 2.24) is 4.98 Å². The number of anilines is 2. The summed E-state index contributed by atoms with van der Waals surface area (Å²) in [5.41, 5.74) is 1.66. The SMILES string of the molecule is CC(C)C(=O)Nc1ccccc1NCc1cnc(Cl)s1. The summed E-state index contributed by atoms with van der Waals surface area (Å²) in [5.74, 6) is -0.0524. The fourth-order valence-electron chi connectivity index (χ4n) is 1.57. The van der Waals surface area contributed by atoms with Gasteiger partial charge in [0.2, 0.25) is 5.91 Å². The minimum Gasteiger partial charge on any atom is -0.378 e. The quantitative estimate of drug-likeness (QED) is 0.877. The summed E-state index contributed by atoms with van der Waals surface area (Å²) in [4.78, 5) is 16.8. The lowest BCUT2D eigenvalue weighted by molar-refractivity contribution is -0.118. The number of amides is 1. The molecule has 0 saturated heterocycles. The van der Waals surface area contributed by atoms with Gasteiger partial charge in [-0.1, -0.05) is 37.6 Å². The van der Waals surface area contributed by atoms with Crippen LogP contribution in [0.25, 0.3) is 0 Å². The molecule has 0 radical (unpaired) electrons. The number of thiazole rings is 1. The first kappa shape index (κ1) is 14.8. The van der Waals surface area contributed by atoms with Gasteiger partial charge in [-0.2, -0.15) is 0 Å². The highest BCUT2D eigenvalue weighted by molar-refractivity contribution is 7.15. The molecule has 0 unspecified atom stereocenters. The Morgan fingerprint density at radius 2 is 2.05 bits per heavy atom. The first-order valence-corrected chi connectivity index (χ1v) is 7.49. The summed E-state index contributed by atoms with van der Waals surface area (Å²) in [7, 11) is 0. The number of rotatable bonds is 5. The van der Waals surface area contributed by atoms with Crippen LogP contribution in [0.3, 0.4) is 0 Å². The van der Waals surface area contributed by atoms with E-state index in [4.69, 9.17) is 11.6 Å². The summed E-state index contributed by atoms with van der Waals surface area (Å²) in [6.45, 7) is 4.36. The summed E-state index contributed by atoms with van der Waals surface area (Å²) in [6, 6.07) is 7.62. The molecule has 0 aliphatic heterocycles. The number of benzene rings is 1. The van der Waals surface area contributed by atoms with Gasteiger partial charge in [0.15, 0.2) is 4.47 Å². The van der Waals surface area contributed by atoms with Gasteiger partial charge in [-0.25, -0.2) is 4.98 Å². The van der Waals surface area contributed by atoms with Gasteiger partial charge in [-0.15, -0.1) is 11.3 Å². The lowest BCUT2D eigenvalue weighted by Crippen LogP contribution is -2.18. The van der Waals surface area contributed by atoms with Gasteiger partial charge in [0.1, 0.15) is 0 Å². The largest absolute Gasteiger partial charge is 0.378 e. The number of nitrogens with one attached hydrogen (secondary N) is 2. The van der Waals surface area contributed by atoms with E-state index in [0.717, 1.165) is 16.3 Å². The van der Waals surface area contributed by atoms with E-state index in [0.29, 0.717) is 11.0 Å². The van der Waals surface area contributed by atoms with Crippen molar-refractivity contribution >= 4 is 40.2 Å². The average Bonchev–Trinajstić information content (AvgIpc) is 2.83. The van der Waals surface area contributed by atoms with Crippen molar-refractivity contribution in [2.75, 3.05) is 10.6 Å². The Morgan fingerprint density at radius 3 is 2.65 bits per heavy atom.